The van der Waals surface area contributed by atoms with Crippen LogP contribution in [0.3, 0.4) is 0 Å². The quantitative estimate of drug-likeness (QED) is 0.654. The van der Waals surface area contributed by atoms with Crippen molar-refractivity contribution in [1.82, 2.24) is 19.0 Å². The molecule has 2 rings (SSSR count). The van der Waals surface area contributed by atoms with E-state index in [9.17, 15) is 19.2 Å². The van der Waals surface area contributed by atoms with Gasteiger partial charge in [0.05, 0.1) is 10.9 Å². The monoisotopic (exact) mass is 378 g/mol. The minimum absolute atomic E-state index is 0.0149. The molecule has 0 bridgehead atoms. The molecule has 0 spiro atoms. The van der Waals surface area contributed by atoms with Gasteiger partial charge >= 0.3 is 5.69 Å². The molecule has 0 fully saturated rings. The summed E-state index contributed by atoms with van der Waals surface area (Å²) in [7, 11) is 1.49. The number of amides is 1. The number of hydrogen-bond acceptors (Lipinski definition) is 5. The summed E-state index contributed by atoms with van der Waals surface area (Å²) in [6.07, 6.45) is 0.612. The fourth-order valence-electron chi connectivity index (χ4n) is 3.07. The third kappa shape index (κ3) is 3.87. The Labute approximate surface area is 156 Å². The number of carbonyl (C=O) groups is 1. The van der Waals surface area contributed by atoms with Crippen LogP contribution in [0.15, 0.2) is 20.4 Å². The van der Waals surface area contributed by atoms with E-state index in [1.165, 1.54) is 16.2 Å². The Balaban J connectivity index is 2.65. The second-order valence-electron chi connectivity index (χ2n) is 6.04. The highest BCUT2D eigenvalue weighted by atomic mass is 16.5. The van der Waals surface area contributed by atoms with Crippen molar-refractivity contribution in [3.63, 3.8) is 0 Å². The Morgan fingerprint density at radius 3 is 2.37 bits per heavy atom. The average molecular weight is 378 g/mol. The highest BCUT2D eigenvalue weighted by Crippen LogP contribution is 2.12. The maximum atomic E-state index is 12.9. The van der Waals surface area contributed by atoms with E-state index >= 15 is 0 Å². The molecule has 1 N–H and O–H groups in total. The van der Waals surface area contributed by atoms with Crippen LogP contribution in [0.4, 0.5) is 0 Å². The van der Waals surface area contributed by atoms with E-state index in [4.69, 9.17) is 4.74 Å². The molecule has 9 heteroatoms. The van der Waals surface area contributed by atoms with Crippen LogP contribution in [0.1, 0.15) is 37.6 Å². The zero-order valence-corrected chi connectivity index (χ0v) is 16.2. The maximum Gasteiger partial charge on any atom is 0.332 e. The van der Waals surface area contributed by atoms with Crippen molar-refractivity contribution in [3.05, 3.63) is 42.8 Å². The first-order chi connectivity index (χ1) is 12.9. The minimum atomic E-state index is -0.572. The van der Waals surface area contributed by atoms with Gasteiger partial charge in [0.1, 0.15) is 5.65 Å². The normalized spacial score (nSPS) is 11.1. The highest BCUT2D eigenvalue weighted by molar-refractivity contribution is 6.05. The van der Waals surface area contributed by atoms with Gasteiger partial charge in [0.15, 0.2) is 0 Å². The molecule has 0 unspecified atom stereocenters. The van der Waals surface area contributed by atoms with Crippen molar-refractivity contribution >= 4 is 16.9 Å². The molecule has 0 aliphatic carbocycles. The summed E-state index contributed by atoms with van der Waals surface area (Å²) in [6, 6.07) is 1.16. The summed E-state index contributed by atoms with van der Waals surface area (Å²) in [4.78, 5) is 50.5. The molecule has 27 heavy (non-hydrogen) atoms. The number of ether oxygens (including phenoxy) is 1. The Bertz CT molecular complexity index is 1020. The number of hydrogen-bond donors (Lipinski definition) is 1. The van der Waals surface area contributed by atoms with Gasteiger partial charge in [-0.2, -0.15) is 0 Å². The molecule has 0 atom stereocenters. The molecule has 0 aliphatic rings. The average Bonchev–Trinajstić information content (AvgIpc) is 2.65. The molecule has 0 saturated heterocycles. The van der Waals surface area contributed by atoms with E-state index in [1.807, 2.05) is 6.92 Å². The van der Waals surface area contributed by atoms with Crippen LogP contribution in [0.5, 0.6) is 0 Å². The van der Waals surface area contributed by atoms with E-state index in [-0.39, 0.29) is 29.7 Å². The Kier molecular flexibility index (Phi) is 6.73. The molecule has 0 aliphatic heterocycles. The molecule has 2 heterocycles. The number of rotatable bonds is 8. The topological polar surface area (TPSA) is 104 Å². The third-order valence-corrected chi connectivity index (χ3v) is 4.41. The largest absolute Gasteiger partial charge is 0.382 e. The molecule has 0 radical (unpaired) electrons. The summed E-state index contributed by atoms with van der Waals surface area (Å²) >= 11 is 0. The van der Waals surface area contributed by atoms with Crippen molar-refractivity contribution in [2.24, 2.45) is 7.05 Å². The Morgan fingerprint density at radius 1 is 1.11 bits per heavy atom. The molecule has 0 saturated carbocycles. The van der Waals surface area contributed by atoms with E-state index in [1.54, 1.807) is 13.8 Å². The van der Waals surface area contributed by atoms with E-state index in [0.717, 1.165) is 10.6 Å². The number of carbonyl (C=O) groups excluding carboxylic acids is 1. The van der Waals surface area contributed by atoms with Gasteiger partial charge in [-0.1, -0.05) is 0 Å². The summed E-state index contributed by atoms with van der Waals surface area (Å²) < 4.78 is 8.85. The number of fused-ring (bicyclic) bond motifs is 1. The summed E-state index contributed by atoms with van der Waals surface area (Å²) in [5.74, 6) is -0.518. The van der Waals surface area contributed by atoms with Gasteiger partial charge < -0.3 is 10.1 Å². The summed E-state index contributed by atoms with van der Waals surface area (Å²) in [5, 5.41) is 2.78. The lowest BCUT2D eigenvalue weighted by Gasteiger charge is -2.16. The molecular formula is C18H26N4O5. The molecule has 2 aromatic rings. The molecule has 2 aromatic heterocycles. The molecule has 1 amide bonds. The van der Waals surface area contributed by atoms with Gasteiger partial charge in [0.2, 0.25) is 0 Å². The van der Waals surface area contributed by atoms with Gasteiger partial charge in [0, 0.05) is 46.0 Å². The Morgan fingerprint density at radius 2 is 1.78 bits per heavy atom. The van der Waals surface area contributed by atoms with E-state index in [2.05, 4.69) is 5.32 Å². The minimum Gasteiger partial charge on any atom is -0.382 e. The lowest BCUT2D eigenvalue weighted by molar-refractivity contribution is 0.0945. The zero-order chi connectivity index (χ0) is 20.1. The number of nitrogens with zero attached hydrogens (tertiary/aromatic N) is 3. The lowest BCUT2D eigenvalue weighted by Crippen LogP contribution is -2.42. The van der Waals surface area contributed by atoms with E-state index in [0.29, 0.717) is 26.2 Å². The van der Waals surface area contributed by atoms with Crippen LogP contribution in [0.2, 0.25) is 0 Å². The fourth-order valence-corrected chi connectivity index (χ4v) is 3.07. The number of aryl methyl sites for hydroxylation is 2. The van der Waals surface area contributed by atoms with Gasteiger partial charge in [-0.15, -0.1) is 0 Å². The lowest BCUT2D eigenvalue weighted by atomic mass is 10.1. The van der Waals surface area contributed by atoms with Crippen molar-refractivity contribution in [2.45, 2.75) is 40.3 Å². The second-order valence-corrected chi connectivity index (χ2v) is 6.04. The zero-order valence-electron chi connectivity index (χ0n) is 16.2. The van der Waals surface area contributed by atoms with E-state index < -0.39 is 22.7 Å². The van der Waals surface area contributed by atoms with Gasteiger partial charge in [-0.25, -0.2) is 4.79 Å². The van der Waals surface area contributed by atoms with Crippen LogP contribution in [0, 0.1) is 0 Å². The first-order valence-corrected chi connectivity index (χ1v) is 9.12. The molecular weight excluding hydrogens is 352 g/mol. The first-order valence-electron chi connectivity index (χ1n) is 9.12. The predicted molar refractivity (Wildman–Crippen MR) is 103 cm³/mol. The SMILES string of the molecule is CCOCCCNC(=O)c1cc(=O)n(CC)c2c1c(=O)n(CC)c(=O)n2C. The standard InChI is InChI=1S/C18H26N4O5/c1-5-21-13(23)11-12(15(24)19-9-8-10-27-7-3)14-16(21)20(4)18(26)22(6-2)17(14)25/h11H,5-10H2,1-4H3,(H,19,24). The second kappa shape index (κ2) is 8.81. The van der Waals surface area contributed by atoms with Crippen molar-refractivity contribution < 1.29 is 9.53 Å². The molecule has 9 nitrogen and oxygen atoms in total. The van der Waals surface area contributed by atoms with Crippen LogP contribution in [-0.2, 0) is 24.9 Å². The fraction of sp³-hybridized carbons (Fsp3) is 0.556. The number of nitrogens with one attached hydrogen (secondary N) is 1. The van der Waals surface area contributed by atoms with Crippen molar-refractivity contribution in [3.8, 4) is 0 Å². The first kappa shape index (κ1) is 20.6. The third-order valence-electron chi connectivity index (χ3n) is 4.41. The van der Waals surface area contributed by atoms with Crippen molar-refractivity contribution in [2.75, 3.05) is 19.8 Å². The smallest absolute Gasteiger partial charge is 0.332 e. The Hall–Kier alpha value is -2.68. The van der Waals surface area contributed by atoms with Crippen LogP contribution in [-0.4, -0.2) is 39.4 Å². The summed E-state index contributed by atoms with van der Waals surface area (Å²) in [6.45, 7) is 7.20. The van der Waals surface area contributed by atoms with Crippen LogP contribution in [0.25, 0.3) is 11.0 Å². The maximum absolute atomic E-state index is 12.9. The van der Waals surface area contributed by atoms with Gasteiger partial charge in [0.25, 0.3) is 17.0 Å². The highest BCUT2D eigenvalue weighted by Gasteiger charge is 2.21. The predicted octanol–water partition coefficient (Wildman–Crippen LogP) is 0.0581. The van der Waals surface area contributed by atoms with Crippen LogP contribution < -0.4 is 22.1 Å². The van der Waals surface area contributed by atoms with Gasteiger partial charge in [-0.05, 0) is 27.2 Å². The summed E-state index contributed by atoms with van der Waals surface area (Å²) in [5.41, 5.74) is -1.39. The molecule has 0 aromatic carbocycles. The van der Waals surface area contributed by atoms with Gasteiger partial charge in [-0.3, -0.25) is 28.1 Å². The number of pyridine rings is 1. The molecule has 148 valence electrons. The van der Waals surface area contributed by atoms with Crippen LogP contribution >= 0.6 is 0 Å². The van der Waals surface area contributed by atoms with Crippen molar-refractivity contribution in [1.29, 1.82) is 0 Å². The number of aromatic nitrogens is 3.